The van der Waals surface area contributed by atoms with Crippen molar-refractivity contribution in [1.29, 1.82) is 0 Å². The quantitative estimate of drug-likeness (QED) is 0.592. The maximum Gasteiger partial charge on any atom is 0.104 e. The molecule has 5 heteroatoms. The average molecular weight is 290 g/mol. The third-order valence-corrected chi connectivity index (χ3v) is 3.75. The molecule has 2 fully saturated rings. The maximum absolute atomic E-state index is 8.88. The molecule has 0 aromatic heterocycles. The summed E-state index contributed by atoms with van der Waals surface area (Å²) in [6.45, 7) is 7.92. The van der Waals surface area contributed by atoms with Gasteiger partial charge in [-0.3, -0.25) is 0 Å². The maximum atomic E-state index is 8.88. The highest BCUT2D eigenvalue weighted by Crippen LogP contribution is 2.17. The highest BCUT2D eigenvalue weighted by molar-refractivity contribution is 4.71. The summed E-state index contributed by atoms with van der Waals surface area (Å²) in [5.74, 6) is 0.763. The summed E-state index contributed by atoms with van der Waals surface area (Å²) < 4.78 is 15.1. The number of rotatable bonds is 10. The van der Waals surface area contributed by atoms with Gasteiger partial charge in [-0.1, -0.05) is 26.7 Å². The number of hydrogen-bond acceptors (Lipinski definition) is 5. The van der Waals surface area contributed by atoms with Crippen molar-refractivity contribution >= 4 is 0 Å². The first-order chi connectivity index (χ1) is 9.73. The molecule has 0 spiro atoms. The van der Waals surface area contributed by atoms with E-state index in [-0.39, 0.29) is 13.2 Å². The Morgan fingerprint density at radius 3 is 1.60 bits per heavy atom. The SMILES string of the molecule is C(OCC1CO1)C1CO1.CCC(CO)CC(CC)CO. The van der Waals surface area contributed by atoms with Gasteiger partial charge in [-0.25, -0.2) is 0 Å². The largest absolute Gasteiger partial charge is 0.396 e. The van der Waals surface area contributed by atoms with Crippen LogP contribution in [-0.4, -0.2) is 62.1 Å². The third-order valence-electron chi connectivity index (χ3n) is 3.75. The van der Waals surface area contributed by atoms with Crippen molar-refractivity contribution in [3.8, 4) is 0 Å². The Bertz CT molecular complexity index is 198. The van der Waals surface area contributed by atoms with E-state index >= 15 is 0 Å². The molecule has 2 saturated heterocycles. The molecule has 2 heterocycles. The molecule has 0 aromatic rings. The molecular formula is C15H30O5. The molecule has 0 bridgehead atoms. The highest BCUT2D eigenvalue weighted by Gasteiger charge is 2.26. The summed E-state index contributed by atoms with van der Waals surface area (Å²) in [5, 5.41) is 17.8. The van der Waals surface area contributed by atoms with Crippen molar-refractivity contribution < 1.29 is 24.4 Å². The highest BCUT2D eigenvalue weighted by atomic mass is 16.6. The topological polar surface area (TPSA) is 74.8 Å². The number of hydrogen-bond donors (Lipinski definition) is 2. The average Bonchev–Trinajstić information content (AvgIpc) is 3.36. The van der Waals surface area contributed by atoms with Gasteiger partial charge in [0, 0.05) is 13.2 Å². The Labute approximate surface area is 122 Å². The van der Waals surface area contributed by atoms with Crippen molar-refractivity contribution in [3.63, 3.8) is 0 Å². The molecule has 2 rings (SSSR count). The second kappa shape index (κ2) is 10.5. The molecule has 120 valence electrons. The predicted octanol–water partition coefficient (Wildman–Crippen LogP) is 1.21. The normalized spacial score (nSPS) is 26.4. The number of aliphatic hydroxyl groups excluding tert-OH is 2. The van der Waals surface area contributed by atoms with Crippen LogP contribution in [0, 0.1) is 11.8 Å². The fraction of sp³-hybridized carbons (Fsp3) is 1.00. The zero-order chi connectivity index (χ0) is 14.8. The predicted molar refractivity (Wildman–Crippen MR) is 76.6 cm³/mol. The van der Waals surface area contributed by atoms with Crippen molar-refractivity contribution in [3.05, 3.63) is 0 Å². The van der Waals surface area contributed by atoms with Crippen LogP contribution in [0.3, 0.4) is 0 Å². The molecule has 0 saturated carbocycles. The number of ether oxygens (including phenoxy) is 3. The zero-order valence-electron chi connectivity index (χ0n) is 12.8. The van der Waals surface area contributed by atoms with E-state index in [9.17, 15) is 0 Å². The lowest BCUT2D eigenvalue weighted by Crippen LogP contribution is -2.14. The van der Waals surface area contributed by atoms with Gasteiger partial charge in [0.2, 0.25) is 0 Å². The molecule has 4 unspecified atom stereocenters. The van der Waals surface area contributed by atoms with Gasteiger partial charge in [0.15, 0.2) is 0 Å². The summed E-state index contributed by atoms with van der Waals surface area (Å²) in [7, 11) is 0. The second-order valence-corrected chi connectivity index (χ2v) is 5.60. The molecule has 2 aliphatic heterocycles. The van der Waals surface area contributed by atoms with Crippen LogP contribution < -0.4 is 0 Å². The van der Waals surface area contributed by atoms with E-state index < -0.39 is 0 Å². The molecular weight excluding hydrogens is 260 g/mol. The molecule has 0 aliphatic carbocycles. The molecule has 2 N–H and O–H groups in total. The Hall–Kier alpha value is -0.200. The van der Waals surface area contributed by atoms with Crippen LogP contribution in [0.4, 0.5) is 0 Å². The van der Waals surface area contributed by atoms with Crippen molar-refractivity contribution in [2.75, 3.05) is 39.6 Å². The number of aliphatic hydroxyl groups is 2. The van der Waals surface area contributed by atoms with Gasteiger partial charge in [0.25, 0.3) is 0 Å². The summed E-state index contributed by atoms with van der Waals surface area (Å²) in [6, 6.07) is 0. The van der Waals surface area contributed by atoms with Crippen molar-refractivity contribution in [2.45, 2.75) is 45.3 Å². The van der Waals surface area contributed by atoms with Gasteiger partial charge in [-0.05, 0) is 18.3 Å². The first-order valence-electron chi connectivity index (χ1n) is 7.76. The Balaban J connectivity index is 0.000000202. The van der Waals surface area contributed by atoms with Gasteiger partial charge >= 0.3 is 0 Å². The Morgan fingerprint density at radius 2 is 1.35 bits per heavy atom. The number of epoxide rings is 2. The molecule has 5 nitrogen and oxygen atoms in total. The van der Waals surface area contributed by atoms with Gasteiger partial charge in [-0.15, -0.1) is 0 Å². The fourth-order valence-electron chi connectivity index (χ4n) is 1.87. The van der Waals surface area contributed by atoms with Crippen LogP contribution in [0.1, 0.15) is 33.1 Å². The second-order valence-electron chi connectivity index (χ2n) is 5.60. The Kier molecular flexibility index (Phi) is 9.39. The molecule has 0 radical (unpaired) electrons. The van der Waals surface area contributed by atoms with Crippen LogP contribution in [0.15, 0.2) is 0 Å². The summed E-state index contributed by atoms with van der Waals surface area (Å²) in [4.78, 5) is 0. The van der Waals surface area contributed by atoms with E-state index in [1.165, 1.54) is 0 Å². The smallest absolute Gasteiger partial charge is 0.104 e. The van der Waals surface area contributed by atoms with Crippen LogP contribution in [0.5, 0.6) is 0 Å². The summed E-state index contributed by atoms with van der Waals surface area (Å²) in [5.41, 5.74) is 0. The van der Waals surface area contributed by atoms with Gasteiger partial charge in [0.05, 0.1) is 26.4 Å². The van der Waals surface area contributed by atoms with E-state index in [1.807, 2.05) is 0 Å². The lowest BCUT2D eigenvalue weighted by atomic mass is 9.92. The Morgan fingerprint density at radius 1 is 0.950 bits per heavy atom. The third kappa shape index (κ3) is 8.87. The van der Waals surface area contributed by atoms with E-state index in [4.69, 9.17) is 24.4 Å². The van der Waals surface area contributed by atoms with E-state index in [2.05, 4.69) is 13.8 Å². The summed E-state index contributed by atoms with van der Waals surface area (Å²) in [6.07, 6.45) is 3.76. The zero-order valence-corrected chi connectivity index (χ0v) is 12.8. The minimum atomic E-state index is 0.257. The fourth-order valence-corrected chi connectivity index (χ4v) is 1.87. The van der Waals surface area contributed by atoms with Gasteiger partial charge < -0.3 is 24.4 Å². The molecule has 0 amide bonds. The van der Waals surface area contributed by atoms with Crippen LogP contribution >= 0.6 is 0 Å². The van der Waals surface area contributed by atoms with E-state index in [0.717, 1.165) is 45.7 Å². The van der Waals surface area contributed by atoms with Gasteiger partial charge in [-0.2, -0.15) is 0 Å². The first-order valence-corrected chi connectivity index (χ1v) is 7.76. The molecule has 2 aliphatic rings. The molecule has 20 heavy (non-hydrogen) atoms. The lowest BCUT2D eigenvalue weighted by molar-refractivity contribution is 0.102. The molecule has 4 atom stereocenters. The van der Waals surface area contributed by atoms with E-state index in [1.54, 1.807) is 0 Å². The summed E-state index contributed by atoms with van der Waals surface area (Å²) >= 11 is 0. The van der Waals surface area contributed by atoms with Crippen molar-refractivity contribution in [1.82, 2.24) is 0 Å². The van der Waals surface area contributed by atoms with Crippen LogP contribution in [0.2, 0.25) is 0 Å². The lowest BCUT2D eigenvalue weighted by Gasteiger charge is -2.17. The minimum Gasteiger partial charge on any atom is -0.396 e. The standard InChI is InChI=1S/C9H20O2.C6H10O3/c1-3-8(6-10)5-9(4-2)7-11;1(5-3-8-5)7-2-6-4-9-6/h8-11H,3-7H2,1-2H3;5-6H,1-4H2. The van der Waals surface area contributed by atoms with E-state index in [0.29, 0.717) is 24.0 Å². The molecule has 0 aromatic carbocycles. The van der Waals surface area contributed by atoms with Crippen LogP contribution in [-0.2, 0) is 14.2 Å². The first kappa shape index (κ1) is 17.9. The minimum absolute atomic E-state index is 0.257. The van der Waals surface area contributed by atoms with Crippen molar-refractivity contribution in [2.24, 2.45) is 11.8 Å². The monoisotopic (exact) mass is 290 g/mol. The van der Waals surface area contributed by atoms with Gasteiger partial charge in [0.1, 0.15) is 12.2 Å². The van der Waals surface area contributed by atoms with Crippen LogP contribution in [0.25, 0.3) is 0 Å².